The van der Waals surface area contributed by atoms with E-state index in [4.69, 9.17) is 0 Å². The van der Waals surface area contributed by atoms with Gasteiger partial charge in [-0.25, -0.2) is 26.3 Å². The van der Waals surface area contributed by atoms with E-state index in [-0.39, 0.29) is 0 Å². The third kappa shape index (κ3) is 1.26. The fourth-order valence-corrected chi connectivity index (χ4v) is 1.37. The summed E-state index contributed by atoms with van der Waals surface area (Å²) in [7, 11) is 0. The lowest BCUT2D eigenvalue weighted by Crippen LogP contribution is -2.01. The van der Waals surface area contributed by atoms with Crippen molar-refractivity contribution in [1.29, 1.82) is 0 Å². The predicted molar refractivity (Wildman–Crippen MR) is 43.7 cm³/mol. The van der Waals surface area contributed by atoms with Crippen molar-refractivity contribution in [3.05, 3.63) is 47.0 Å². The van der Waals surface area contributed by atoms with E-state index in [0.717, 1.165) is 0 Å². The molecule has 0 heterocycles. The maximum atomic E-state index is 13.1. The lowest BCUT2D eigenvalue weighted by Gasteiger charge is -2.05. The number of hydrogen-bond acceptors (Lipinski definition) is 0. The van der Waals surface area contributed by atoms with E-state index in [1.807, 2.05) is 0 Å². The molecule has 84 valence electrons. The number of hydrogen-bond donors (Lipinski definition) is 0. The second kappa shape index (κ2) is 3.40. The van der Waals surface area contributed by atoms with E-state index in [2.05, 4.69) is 0 Å². The van der Waals surface area contributed by atoms with E-state index >= 15 is 0 Å². The molecule has 0 aromatic heterocycles. The molecule has 0 saturated carbocycles. The van der Waals surface area contributed by atoms with Crippen molar-refractivity contribution < 1.29 is 26.3 Å². The number of benzene rings is 2. The van der Waals surface area contributed by atoms with Gasteiger partial charge in [0.05, 0.1) is 5.39 Å². The first-order valence-corrected chi connectivity index (χ1v) is 4.04. The van der Waals surface area contributed by atoms with Crippen LogP contribution in [0.2, 0.25) is 0 Å². The first-order chi connectivity index (χ1) is 7.45. The zero-order valence-electron chi connectivity index (χ0n) is 7.42. The maximum Gasteiger partial charge on any atom is 0.198 e. The number of rotatable bonds is 0. The molecule has 0 amide bonds. The summed E-state index contributed by atoms with van der Waals surface area (Å²) in [5, 5.41) is -2.09. The van der Waals surface area contributed by atoms with E-state index in [1.54, 1.807) is 0 Å². The van der Waals surface area contributed by atoms with Crippen molar-refractivity contribution in [3.8, 4) is 0 Å². The van der Waals surface area contributed by atoms with Crippen LogP contribution in [0.15, 0.2) is 12.1 Å². The SMILES string of the molecule is Fc1ccc2c(F)c(F)c(F)c(F)c2c1F. The van der Waals surface area contributed by atoms with E-state index in [1.165, 1.54) is 0 Å². The molecule has 0 saturated heterocycles. The Morgan fingerprint density at radius 3 is 1.75 bits per heavy atom. The number of fused-ring (bicyclic) bond motifs is 1. The Morgan fingerprint density at radius 2 is 1.12 bits per heavy atom. The van der Waals surface area contributed by atoms with Gasteiger partial charge in [-0.2, -0.15) is 0 Å². The molecule has 0 radical (unpaired) electrons. The van der Waals surface area contributed by atoms with Gasteiger partial charge >= 0.3 is 0 Å². The van der Waals surface area contributed by atoms with Crippen molar-refractivity contribution in [2.75, 3.05) is 0 Å². The summed E-state index contributed by atoms with van der Waals surface area (Å²) in [6, 6.07) is 1.13. The van der Waals surface area contributed by atoms with E-state index < -0.39 is 45.7 Å². The Morgan fingerprint density at radius 1 is 0.562 bits per heavy atom. The van der Waals surface area contributed by atoms with Gasteiger partial charge in [-0.1, -0.05) is 0 Å². The second-order valence-electron chi connectivity index (χ2n) is 3.04. The summed E-state index contributed by atoms with van der Waals surface area (Å²) in [5.74, 6) is -11.2. The molecule has 0 N–H and O–H groups in total. The van der Waals surface area contributed by atoms with Crippen molar-refractivity contribution in [1.82, 2.24) is 0 Å². The molecule has 0 aliphatic carbocycles. The van der Waals surface area contributed by atoms with Crippen LogP contribution in [0.4, 0.5) is 26.3 Å². The average molecular weight is 236 g/mol. The Labute approximate surface area is 85.1 Å². The van der Waals surface area contributed by atoms with Gasteiger partial charge in [0.2, 0.25) is 0 Å². The molecule has 0 fully saturated rings. The molecule has 0 aliphatic rings. The van der Waals surface area contributed by atoms with Crippen LogP contribution in [-0.4, -0.2) is 0 Å². The van der Waals surface area contributed by atoms with Crippen molar-refractivity contribution in [2.24, 2.45) is 0 Å². The van der Waals surface area contributed by atoms with Crippen LogP contribution in [0.1, 0.15) is 0 Å². The molecule has 2 aromatic carbocycles. The van der Waals surface area contributed by atoms with Crippen molar-refractivity contribution >= 4 is 10.8 Å². The molecule has 2 aromatic rings. The summed E-state index contributed by atoms with van der Waals surface area (Å²) in [4.78, 5) is 0. The minimum Gasteiger partial charge on any atom is -0.204 e. The Kier molecular flexibility index (Phi) is 2.29. The zero-order chi connectivity index (χ0) is 12.0. The lowest BCUT2D eigenvalue weighted by molar-refractivity contribution is 0.414. The summed E-state index contributed by atoms with van der Waals surface area (Å²) in [6.07, 6.45) is 0. The maximum absolute atomic E-state index is 13.1. The zero-order valence-corrected chi connectivity index (χ0v) is 7.42. The van der Waals surface area contributed by atoms with E-state index in [9.17, 15) is 26.3 Å². The fraction of sp³-hybridized carbons (Fsp3) is 0. The molecule has 0 unspecified atom stereocenters. The highest BCUT2D eigenvalue weighted by Gasteiger charge is 2.23. The topological polar surface area (TPSA) is 0 Å². The monoisotopic (exact) mass is 236 g/mol. The molecule has 2 rings (SSSR count). The van der Waals surface area contributed by atoms with Crippen LogP contribution in [0.5, 0.6) is 0 Å². The normalized spacial score (nSPS) is 11.1. The second-order valence-corrected chi connectivity index (χ2v) is 3.04. The molecular weight excluding hydrogens is 234 g/mol. The highest BCUT2D eigenvalue weighted by atomic mass is 19.2. The van der Waals surface area contributed by atoms with Gasteiger partial charge in [-0.05, 0) is 12.1 Å². The Hall–Kier alpha value is -1.72. The molecule has 16 heavy (non-hydrogen) atoms. The highest BCUT2D eigenvalue weighted by molar-refractivity contribution is 5.84. The molecular formula is C10H2F6. The van der Waals surface area contributed by atoms with Gasteiger partial charge in [-0.3, -0.25) is 0 Å². The first kappa shape index (κ1) is 10.8. The standard InChI is InChI=1S/C10H2F6/c11-4-2-1-3-5(7(4)13)8(14)10(16)9(15)6(3)12/h1-2H. The minimum atomic E-state index is -2.17. The van der Waals surface area contributed by atoms with Crippen molar-refractivity contribution in [2.45, 2.75) is 0 Å². The summed E-state index contributed by atoms with van der Waals surface area (Å²) in [5.41, 5.74) is 0. The quantitative estimate of drug-likeness (QED) is 0.372. The minimum absolute atomic E-state index is 0.498. The predicted octanol–water partition coefficient (Wildman–Crippen LogP) is 3.67. The smallest absolute Gasteiger partial charge is 0.198 e. The largest absolute Gasteiger partial charge is 0.204 e. The first-order valence-electron chi connectivity index (χ1n) is 4.04. The van der Waals surface area contributed by atoms with Crippen LogP contribution in [0.3, 0.4) is 0 Å². The third-order valence-corrected chi connectivity index (χ3v) is 2.13. The Balaban J connectivity index is 3.09. The number of halogens is 6. The van der Waals surface area contributed by atoms with Gasteiger partial charge in [0.1, 0.15) is 0 Å². The van der Waals surface area contributed by atoms with Crippen LogP contribution in [0, 0.1) is 34.9 Å². The highest BCUT2D eigenvalue weighted by Crippen LogP contribution is 2.29. The molecule has 0 atom stereocenters. The average Bonchev–Trinajstić information content (AvgIpc) is 2.27. The third-order valence-electron chi connectivity index (χ3n) is 2.13. The van der Waals surface area contributed by atoms with Gasteiger partial charge < -0.3 is 0 Å². The lowest BCUT2D eigenvalue weighted by atomic mass is 10.1. The van der Waals surface area contributed by atoms with Crippen LogP contribution in [0.25, 0.3) is 10.8 Å². The summed E-state index contributed by atoms with van der Waals surface area (Å²) < 4.78 is 77.5. The summed E-state index contributed by atoms with van der Waals surface area (Å²) >= 11 is 0. The van der Waals surface area contributed by atoms with Crippen LogP contribution < -0.4 is 0 Å². The van der Waals surface area contributed by atoms with Gasteiger partial charge in [0.15, 0.2) is 34.9 Å². The molecule has 0 aliphatic heterocycles. The summed E-state index contributed by atoms with van der Waals surface area (Å²) in [6.45, 7) is 0. The van der Waals surface area contributed by atoms with Gasteiger partial charge in [0, 0.05) is 5.39 Å². The van der Waals surface area contributed by atoms with E-state index in [0.29, 0.717) is 12.1 Å². The Bertz CT molecular complexity index is 590. The van der Waals surface area contributed by atoms with Crippen molar-refractivity contribution in [3.63, 3.8) is 0 Å². The molecule has 0 nitrogen and oxygen atoms in total. The van der Waals surface area contributed by atoms with Crippen LogP contribution in [-0.2, 0) is 0 Å². The molecule has 0 spiro atoms. The van der Waals surface area contributed by atoms with Gasteiger partial charge in [0.25, 0.3) is 0 Å². The van der Waals surface area contributed by atoms with Crippen LogP contribution >= 0.6 is 0 Å². The molecule has 0 bridgehead atoms. The fourth-order valence-electron chi connectivity index (χ4n) is 1.37. The molecule has 6 heteroatoms. The van der Waals surface area contributed by atoms with Gasteiger partial charge in [-0.15, -0.1) is 0 Å².